The molecule has 0 bridgehead atoms. The van der Waals surface area contributed by atoms with Gasteiger partial charge in [0.25, 0.3) is 0 Å². The van der Waals surface area contributed by atoms with Gasteiger partial charge in [-0.2, -0.15) is 0 Å². The van der Waals surface area contributed by atoms with Gasteiger partial charge in [0.1, 0.15) is 0 Å². The van der Waals surface area contributed by atoms with Crippen LogP contribution in [0.25, 0.3) is 0 Å². The molecule has 0 spiro atoms. The summed E-state index contributed by atoms with van der Waals surface area (Å²) in [4.78, 5) is 0. The van der Waals surface area contributed by atoms with Gasteiger partial charge >= 0.3 is 0 Å². The molecule has 0 saturated heterocycles. The second-order valence-corrected chi connectivity index (χ2v) is 10.3. The quantitative estimate of drug-likeness (QED) is 0.408. The molecule has 2 rings (SSSR count). The van der Waals surface area contributed by atoms with Gasteiger partial charge in [0, 0.05) is 42.2 Å². The maximum absolute atomic E-state index is 5.30. The summed E-state index contributed by atoms with van der Waals surface area (Å²) in [7, 11) is 8.74. The fourth-order valence-electron chi connectivity index (χ4n) is 2.25. The van der Waals surface area contributed by atoms with E-state index in [2.05, 4.69) is 39.4 Å². The summed E-state index contributed by atoms with van der Waals surface area (Å²) in [6, 6.07) is 0. The van der Waals surface area contributed by atoms with Gasteiger partial charge in [-0.15, -0.1) is 0 Å². The lowest BCUT2D eigenvalue weighted by atomic mass is 10.0. The molecule has 0 amide bonds. The Morgan fingerprint density at radius 1 is 0.625 bits per heavy atom. The average molecular weight is 465 g/mol. The minimum absolute atomic E-state index is 0.0417. The zero-order valence-electron chi connectivity index (χ0n) is 24.4. The average Bonchev–Trinajstić information content (AvgIpc) is 3.39. The number of rotatable bonds is 6. The Morgan fingerprint density at radius 2 is 0.938 bits per heavy atom. The first-order valence-electron chi connectivity index (χ1n) is 12.4. The summed E-state index contributed by atoms with van der Waals surface area (Å²) >= 11 is 0. The molecule has 5 nitrogen and oxygen atoms in total. The molecule has 0 aromatic heterocycles. The normalized spacial score (nSPS) is 17.8. The van der Waals surface area contributed by atoms with E-state index in [1.807, 2.05) is 34.8 Å². The van der Waals surface area contributed by atoms with Crippen molar-refractivity contribution in [3.8, 4) is 0 Å². The molecular formula is C27H60O5. The van der Waals surface area contributed by atoms with Crippen LogP contribution in [0.15, 0.2) is 0 Å². The Morgan fingerprint density at radius 3 is 1.00 bits per heavy atom. The van der Waals surface area contributed by atoms with Gasteiger partial charge in [-0.3, -0.25) is 0 Å². The monoisotopic (exact) mass is 464 g/mol. The molecule has 0 N–H and O–H groups in total. The van der Waals surface area contributed by atoms with Crippen molar-refractivity contribution in [3.63, 3.8) is 0 Å². The molecule has 0 aromatic rings. The highest BCUT2D eigenvalue weighted by Crippen LogP contribution is 2.37. The third kappa shape index (κ3) is 23.0. The molecule has 0 heterocycles. The summed E-state index contributed by atoms with van der Waals surface area (Å²) in [6.07, 6.45) is 9.91. The molecule has 0 unspecified atom stereocenters. The lowest BCUT2D eigenvalue weighted by Gasteiger charge is -2.24. The fraction of sp³-hybridized carbons (Fsp3) is 1.00. The summed E-state index contributed by atoms with van der Waals surface area (Å²) in [5, 5.41) is 0. The SMILES string of the molecule is CCC(C)(CC)OC.CCOC.COC(C)(C)C.COC1(C)CC1.COC1(C)CCCC1. The molecule has 2 saturated carbocycles. The molecule has 32 heavy (non-hydrogen) atoms. The fourth-order valence-corrected chi connectivity index (χ4v) is 2.25. The molecule has 0 atom stereocenters. The highest BCUT2D eigenvalue weighted by molar-refractivity contribution is 4.89. The first kappa shape index (κ1) is 36.4. The zero-order chi connectivity index (χ0) is 25.9. The van der Waals surface area contributed by atoms with E-state index in [1.54, 1.807) is 28.4 Å². The molecule has 0 radical (unpaired) electrons. The lowest BCUT2D eigenvalue weighted by Crippen LogP contribution is -2.24. The van der Waals surface area contributed by atoms with Crippen LogP contribution in [0, 0.1) is 0 Å². The Hall–Kier alpha value is -0.200. The van der Waals surface area contributed by atoms with Crippen LogP contribution in [0.2, 0.25) is 0 Å². The molecule has 5 heteroatoms. The number of methoxy groups -OCH3 is 5. The van der Waals surface area contributed by atoms with Crippen molar-refractivity contribution in [1.82, 2.24) is 0 Å². The number of hydrogen-bond acceptors (Lipinski definition) is 5. The van der Waals surface area contributed by atoms with Crippen molar-refractivity contribution in [2.24, 2.45) is 0 Å². The topological polar surface area (TPSA) is 46.2 Å². The van der Waals surface area contributed by atoms with Crippen LogP contribution in [0.1, 0.15) is 114 Å². The predicted octanol–water partition coefficient (Wildman–Crippen LogP) is 7.45. The largest absolute Gasteiger partial charge is 0.385 e. The summed E-state index contributed by atoms with van der Waals surface area (Å²) < 4.78 is 25.1. The van der Waals surface area contributed by atoms with Gasteiger partial charge in [0.15, 0.2) is 0 Å². The van der Waals surface area contributed by atoms with Gasteiger partial charge in [0.05, 0.1) is 22.4 Å². The summed E-state index contributed by atoms with van der Waals surface area (Å²) in [5.74, 6) is 0. The van der Waals surface area contributed by atoms with Crippen molar-refractivity contribution in [3.05, 3.63) is 0 Å². The van der Waals surface area contributed by atoms with Crippen molar-refractivity contribution in [2.75, 3.05) is 42.2 Å². The highest BCUT2D eigenvalue weighted by Gasteiger charge is 2.36. The van der Waals surface area contributed by atoms with Crippen molar-refractivity contribution in [2.45, 2.75) is 136 Å². The Kier molecular flexibility index (Phi) is 21.8. The van der Waals surface area contributed by atoms with E-state index in [1.165, 1.54) is 38.5 Å². The molecular weight excluding hydrogens is 404 g/mol. The maximum Gasteiger partial charge on any atom is 0.0652 e. The molecule has 0 aromatic carbocycles. The van der Waals surface area contributed by atoms with E-state index >= 15 is 0 Å². The van der Waals surface area contributed by atoms with E-state index < -0.39 is 0 Å². The Labute approximate surface area is 202 Å². The van der Waals surface area contributed by atoms with Crippen molar-refractivity contribution >= 4 is 0 Å². The first-order chi connectivity index (χ1) is 14.7. The van der Waals surface area contributed by atoms with Crippen LogP contribution >= 0.6 is 0 Å². The second kappa shape index (κ2) is 19.1. The van der Waals surface area contributed by atoms with Crippen molar-refractivity contribution < 1.29 is 23.7 Å². The van der Waals surface area contributed by atoms with Crippen LogP contribution in [-0.4, -0.2) is 64.6 Å². The molecule has 0 aliphatic heterocycles. The summed E-state index contributed by atoms with van der Waals surface area (Å²) in [6.45, 7) is 19.6. The van der Waals surface area contributed by atoms with E-state index in [4.69, 9.17) is 18.9 Å². The predicted molar refractivity (Wildman–Crippen MR) is 139 cm³/mol. The standard InChI is InChI=1S/C7H14O.C7H16O.C5H10O.C5H12O.C3H8O/c1-7(8-2)5-3-4-6-7;1-5-7(3,6-2)8-4;1-5(6-2)3-4-5;1-5(2,3)6-4;1-3-4-2/h3-6H2,1-2H3;5-6H2,1-4H3;3-4H2,1-2H3;1-4H3;3H2,1-2H3. The van der Waals surface area contributed by atoms with E-state index in [0.717, 1.165) is 19.4 Å². The third-order valence-electron chi connectivity index (χ3n) is 6.49. The van der Waals surface area contributed by atoms with Gasteiger partial charge in [-0.05, 0) is 87.0 Å². The maximum atomic E-state index is 5.30. The highest BCUT2D eigenvalue weighted by atomic mass is 16.5. The molecule has 2 aliphatic carbocycles. The second-order valence-electron chi connectivity index (χ2n) is 10.3. The molecule has 2 fully saturated rings. The van der Waals surface area contributed by atoms with Crippen LogP contribution in [-0.2, 0) is 23.7 Å². The summed E-state index contributed by atoms with van der Waals surface area (Å²) in [5.41, 5.74) is 0.694. The van der Waals surface area contributed by atoms with Gasteiger partial charge < -0.3 is 23.7 Å². The van der Waals surface area contributed by atoms with Crippen LogP contribution < -0.4 is 0 Å². The molecule has 198 valence electrons. The van der Waals surface area contributed by atoms with Crippen LogP contribution in [0.4, 0.5) is 0 Å². The van der Waals surface area contributed by atoms with Crippen molar-refractivity contribution in [1.29, 1.82) is 0 Å². The Balaban J connectivity index is -0.000000335. The van der Waals surface area contributed by atoms with Crippen LogP contribution in [0.5, 0.6) is 0 Å². The van der Waals surface area contributed by atoms with Gasteiger partial charge in [-0.25, -0.2) is 0 Å². The third-order valence-corrected chi connectivity index (χ3v) is 6.49. The minimum atomic E-state index is 0.0417. The van der Waals surface area contributed by atoms with Crippen LogP contribution in [0.3, 0.4) is 0 Å². The van der Waals surface area contributed by atoms with Gasteiger partial charge in [0.2, 0.25) is 0 Å². The smallest absolute Gasteiger partial charge is 0.0652 e. The van der Waals surface area contributed by atoms with E-state index in [9.17, 15) is 0 Å². The molecule has 2 aliphatic rings. The number of ether oxygens (including phenoxy) is 5. The lowest BCUT2D eigenvalue weighted by molar-refractivity contribution is -0.000197. The Bertz CT molecular complexity index is 367. The minimum Gasteiger partial charge on any atom is -0.385 e. The first-order valence-corrected chi connectivity index (χ1v) is 12.4. The van der Waals surface area contributed by atoms with E-state index in [-0.39, 0.29) is 16.8 Å². The zero-order valence-corrected chi connectivity index (χ0v) is 24.4. The van der Waals surface area contributed by atoms with Gasteiger partial charge in [-0.1, -0.05) is 26.7 Å². The number of hydrogen-bond donors (Lipinski definition) is 0. The van der Waals surface area contributed by atoms with E-state index in [0.29, 0.717) is 5.60 Å².